The zero-order chi connectivity index (χ0) is 21.2. The van der Waals surface area contributed by atoms with Crippen LogP contribution in [0.2, 0.25) is 0 Å². The number of carbonyl (C=O) groups excluding carboxylic acids is 1. The third-order valence-electron chi connectivity index (χ3n) is 4.60. The van der Waals surface area contributed by atoms with Crippen LogP contribution in [0.15, 0.2) is 70.0 Å². The molecule has 3 aromatic carbocycles. The molecule has 0 radical (unpaired) electrons. The second-order valence-electron chi connectivity index (χ2n) is 6.85. The van der Waals surface area contributed by atoms with E-state index in [4.69, 9.17) is 0 Å². The van der Waals surface area contributed by atoms with Gasteiger partial charge in [0.15, 0.2) is 0 Å². The number of sulfonamides is 1. The molecule has 0 aromatic heterocycles. The van der Waals surface area contributed by atoms with Gasteiger partial charge in [-0.05, 0) is 86.0 Å². The van der Waals surface area contributed by atoms with E-state index in [9.17, 15) is 13.2 Å². The van der Waals surface area contributed by atoms with Crippen molar-refractivity contribution in [2.24, 2.45) is 0 Å². The molecule has 3 aromatic rings. The maximum absolute atomic E-state index is 12.9. The van der Waals surface area contributed by atoms with Gasteiger partial charge in [-0.1, -0.05) is 28.1 Å². The van der Waals surface area contributed by atoms with Crippen LogP contribution in [0.25, 0.3) is 0 Å². The highest BCUT2D eigenvalue weighted by molar-refractivity contribution is 9.10. The lowest BCUT2D eigenvalue weighted by Crippen LogP contribution is -2.17. The number of benzene rings is 3. The molecular weight excluding hydrogens is 452 g/mol. The first-order valence-corrected chi connectivity index (χ1v) is 11.2. The Morgan fingerprint density at radius 2 is 1.41 bits per heavy atom. The summed E-state index contributed by atoms with van der Waals surface area (Å²) in [6, 6.07) is 17.1. The van der Waals surface area contributed by atoms with Crippen LogP contribution in [-0.4, -0.2) is 14.3 Å². The molecule has 0 aliphatic heterocycles. The Bertz CT molecular complexity index is 1170. The van der Waals surface area contributed by atoms with Crippen LogP contribution < -0.4 is 10.0 Å². The molecule has 2 N–H and O–H groups in total. The summed E-state index contributed by atoms with van der Waals surface area (Å²) in [6.07, 6.45) is 0. The topological polar surface area (TPSA) is 75.3 Å². The fourth-order valence-electron chi connectivity index (χ4n) is 2.78. The lowest BCUT2D eigenvalue weighted by Gasteiger charge is -2.13. The minimum Gasteiger partial charge on any atom is -0.322 e. The lowest BCUT2D eigenvalue weighted by atomic mass is 10.1. The summed E-state index contributed by atoms with van der Waals surface area (Å²) in [5.74, 6) is -0.380. The van der Waals surface area contributed by atoms with Crippen LogP contribution in [0, 0.1) is 20.8 Å². The average molecular weight is 473 g/mol. The second-order valence-corrected chi connectivity index (χ2v) is 9.41. The highest BCUT2D eigenvalue weighted by atomic mass is 79.9. The maximum atomic E-state index is 12.9. The Balaban J connectivity index is 1.88. The van der Waals surface area contributed by atoms with Crippen molar-refractivity contribution in [3.8, 4) is 0 Å². The molecule has 0 saturated heterocycles. The van der Waals surface area contributed by atoms with Crippen LogP contribution in [0.4, 0.5) is 11.4 Å². The zero-order valence-electron chi connectivity index (χ0n) is 16.3. The molecule has 5 nitrogen and oxygen atoms in total. The number of anilines is 2. The zero-order valence-corrected chi connectivity index (χ0v) is 18.7. The minimum atomic E-state index is -3.84. The van der Waals surface area contributed by atoms with Crippen molar-refractivity contribution in [3.63, 3.8) is 0 Å². The molecule has 0 saturated carbocycles. The molecule has 0 aliphatic carbocycles. The molecule has 3 rings (SSSR count). The van der Waals surface area contributed by atoms with Gasteiger partial charge in [-0.2, -0.15) is 0 Å². The highest BCUT2D eigenvalue weighted by Crippen LogP contribution is 2.23. The molecular formula is C22H21BrN2O3S. The molecule has 150 valence electrons. The summed E-state index contributed by atoms with van der Waals surface area (Å²) in [5, 5.41) is 2.77. The van der Waals surface area contributed by atoms with Gasteiger partial charge in [0.1, 0.15) is 0 Å². The quantitative estimate of drug-likeness (QED) is 0.519. The van der Waals surface area contributed by atoms with Gasteiger partial charge in [0.05, 0.1) is 4.90 Å². The Morgan fingerprint density at radius 3 is 2.07 bits per heavy atom. The largest absolute Gasteiger partial charge is 0.322 e. The van der Waals surface area contributed by atoms with Gasteiger partial charge in [-0.3, -0.25) is 9.52 Å². The van der Waals surface area contributed by atoms with Crippen molar-refractivity contribution in [2.45, 2.75) is 25.7 Å². The van der Waals surface area contributed by atoms with Crippen molar-refractivity contribution >= 4 is 43.2 Å². The number of rotatable bonds is 5. The fraction of sp³-hybridized carbons (Fsp3) is 0.136. The Morgan fingerprint density at radius 1 is 0.793 bits per heavy atom. The molecule has 29 heavy (non-hydrogen) atoms. The first-order valence-electron chi connectivity index (χ1n) is 8.93. The summed E-state index contributed by atoms with van der Waals surface area (Å²) >= 11 is 3.34. The van der Waals surface area contributed by atoms with Gasteiger partial charge >= 0.3 is 0 Å². The van der Waals surface area contributed by atoms with Crippen LogP contribution in [0.1, 0.15) is 27.0 Å². The monoisotopic (exact) mass is 472 g/mol. The van der Waals surface area contributed by atoms with Crippen molar-refractivity contribution < 1.29 is 13.2 Å². The van der Waals surface area contributed by atoms with E-state index in [0.29, 0.717) is 16.9 Å². The maximum Gasteiger partial charge on any atom is 0.262 e. The normalized spacial score (nSPS) is 11.2. The first kappa shape index (κ1) is 21.1. The average Bonchev–Trinajstić information content (AvgIpc) is 2.66. The van der Waals surface area contributed by atoms with Gasteiger partial charge in [0, 0.05) is 21.4 Å². The Labute approximate surface area is 179 Å². The third-order valence-corrected chi connectivity index (χ3v) is 6.65. The lowest BCUT2D eigenvalue weighted by molar-refractivity contribution is 0.102. The van der Waals surface area contributed by atoms with Gasteiger partial charge in [0.25, 0.3) is 15.9 Å². The van der Waals surface area contributed by atoms with E-state index < -0.39 is 10.0 Å². The number of amides is 1. The van der Waals surface area contributed by atoms with Crippen LogP contribution in [-0.2, 0) is 10.0 Å². The number of nitrogens with one attached hydrogen (secondary N) is 2. The molecule has 0 heterocycles. The Kier molecular flexibility index (Phi) is 6.10. The second kappa shape index (κ2) is 8.39. The van der Waals surface area contributed by atoms with E-state index in [1.807, 2.05) is 32.0 Å². The van der Waals surface area contributed by atoms with Gasteiger partial charge in [-0.15, -0.1) is 0 Å². The van der Waals surface area contributed by atoms with Crippen molar-refractivity contribution in [3.05, 3.63) is 87.4 Å². The Hall–Kier alpha value is -2.64. The number of halogens is 1. The van der Waals surface area contributed by atoms with Crippen LogP contribution in [0.3, 0.4) is 0 Å². The molecule has 0 spiro atoms. The number of hydrogen-bond donors (Lipinski definition) is 2. The molecule has 0 unspecified atom stereocenters. The van der Waals surface area contributed by atoms with E-state index in [1.165, 1.54) is 6.07 Å². The number of carbonyl (C=O) groups is 1. The molecule has 0 bridgehead atoms. The summed E-state index contributed by atoms with van der Waals surface area (Å²) in [4.78, 5) is 12.7. The van der Waals surface area contributed by atoms with Gasteiger partial charge in [0.2, 0.25) is 0 Å². The molecule has 0 atom stereocenters. The summed E-state index contributed by atoms with van der Waals surface area (Å²) in [5.41, 5.74) is 3.99. The summed E-state index contributed by atoms with van der Waals surface area (Å²) in [6.45, 7) is 5.59. The molecule has 1 amide bonds. The minimum absolute atomic E-state index is 0.0687. The van der Waals surface area contributed by atoms with E-state index in [1.54, 1.807) is 43.3 Å². The number of hydrogen-bond acceptors (Lipinski definition) is 3. The number of aryl methyl sites for hydroxylation is 3. The van der Waals surface area contributed by atoms with E-state index in [0.717, 1.165) is 15.6 Å². The summed E-state index contributed by atoms with van der Waals surface area (Å²) < 4.78 is 29.4. The van der Waals surface area contributed by atoms with Crippen molar-refractivity contribution in [2.75, 3.05) is 10.0 Å². The third kappa shape index (κ3) is 5.05. The predicted molar refractivity (Wildman–Crippen MR) is 120 cm³/mol. The SMILES string of the molecule is Cc1ccc(NS(=O)(=O)c2cc(C(=O)Nc3ccc(Br)cc3)ccc2C)cc1C. The molecule has 0 fully saturated rings. The predicted octanol–water partition coefficient (Wildman–Crippen LogP) is 5.43. The van der Waals surface area contributed by atoms with E-state index >= 15 is 0 Å². The summed E-state index contributed by atoms with van der Waals surface area (Å²) in [7, 11) is -3.84. The molecule has 7 heteroatoms. The molecule has 0 aliphatic rings. The van der Waals surface area contributed by atoms with Crippen molar-refractivity contribution in [1.29, 1.82) is 0 Å². The first-order chi connectivity index (χ1) is 13.7. The smallest absolute Gasteiger partial charge is 0.262 e. The van der Waals surface area contributed by atoms with Gasteiger partial charge in [-0.25, -0.2) is 8.42 Å². The van der Waals surface area contributed by atoms with E-state index in [2.05, 4.69) is 26.0 Å². The van der Waals surface area contributed by atoms with E-state index in [-0.39, 0.29) is 16.4 Å². The standard InChI is InChI=1S/C22H21BrN2O3S/c1-14-5-9-20(12-16(14)3)25-29(27,28)21-13-17(6-4-15(21)2)22(26)24-19-10-7-18(23)8-11-19/h4-13,25H,1-3H3,(H,24,26). The fourth-order valence-corrected chi connectivity index (χ4v) is 4.37. The van der Waals surface area contributed by atoms with Crippen LogP contribution in [0.5, 0.6) is 0 Å². The van der Waals surface area contributed by atoms with Gasteiger partial charge < -0.3 is 5.32 Å². The highest BCUT2D eigenvalue weighted by Gasteiger charge is 2.20. The van der Waals surface area contributed by atoms with Crippen molar-refractivity contribution in [1.82, 2.24) is 0 Å². The van der Waals surface area contributed by atoms with Crippen LogP contribution >= 0.6 is 15.9 Å².